The van der Waals surface area contributed by atoms with E-state index < -0.39 is 0 Å². The van der Waals surface area contributed by atoms with Crippen LogP contribution < -0.4 is 5.32 Å². The van der Waals surface area contributed by atoms with Crippen molar-refractivity contribution in [3.8, 4) is 0 Å². The Bertz CT molecular complexity index is 889. The zero-order chi connectivity index (χ0) is 17.2. The monoisotopic (exact) mass is 339 g/mol. The highest BCUT2D eigenvalue weighted by atomic mass is 16.2. The number of rotatable bonds is 3. The lowest BCUT2D eigenvalue weighted by Gasteiger charge is -2.10. The minimum absolute atomic E-state index is 0.0841. The van der Waals surface area contributed by atoms with Crippen LogP contribution in [0.5, 0.6) is 0 Å². The van der Waals surface area contributed by atoms with Gasteiger partial charge >= 0.3 is 0 Å². The number of carbonyl (C=O) groups excluding carboxylic acids is 1. The zero-order valence-electron chi connectivity index (χ0n) is 14.2. The molecule has 130 valence electrons. The molecule has 0 aliphatic heterocycles. The highest BCUT2D eigenvalue weighted by Crippen LogP contribution is 2.31. The van der Waals surface area contributed by atoms with E-state index in [-0.39, 0.29) is 11.7 Å². The van der Waals surface area contributed by atoms with Gasteiger partial charge in [-0.15, -0.1) is 5.10 Å². The van der Waals surface area contributed by atoms with Crippen LogP contribution in [0.15, 0.2) is 18.3 Å². The van der Waals surface area contributed by atoms with E-state index in [0.29, 0.717) is 17.5 Å². The maximum Gasteiger partial charge on any atom is 0.296 e. The molecule has 3 aromatic rings. The van der Waals surface area contributed by atoms with Gasteiger partial charge in [0, 0.05) is 29.6 Å². The molecule has 3 heterocycles. The number of amides is 1. The van der Waals surface area contributed by atoms with E-state index in [1.165, 1.54) is 38.5 Å². The molecule has 0 bridgehead atoms. The molecule has 0 spiro atoms. The van der Waals surface area contributed by atoms with Crippen molar-refractivity contribution in [3.63, 3.8) is 0 Å². The zero-order valence-corrected chi connectivity index (χ0v) is 14.2. The first kappa shape index (κ1) is 15.7. The highest BCUT2D eigenvalue weighted by molar-refractivity contribution is 6.01. The normalized spacial score (nSPS) is 16.0. The molecule has 8 nitrogen and oxygen atoms in total. The molecule has 1 fully saturated rings. The van der Waals surface area contributed by atoms with Gasteiger partial charge in [0.25, 0.3) is 11.7 Å². The van der Waals surface area contributed by atoms with E-state index in [1.807, 2.05) is 19.1 Å². The Morgan fingerprint density at radius 3 is 2.84 bits per heavy atom. The lowest BCUT2D eigenvalue weighted by atomic mass is 9.97. The summed E-state index contributed by atoms with van der Waals surface area (Å²) in [6.07, 6.45) is 9.12. The van der Waals surface area contributed by atoms with Gasteiger partial charge < -0.3 is 5.32 Å². The van der Waals surface area contributed by atoms with Crippen molar-refractivity contribution in [1.82, 2.24) is 29.8 Å². The summed E-state index contributed by atoms with van der Waals surface area (Å²) in [6, 6.07) is 3.74. The van der Waals surface area contributed by atoms with E-state index in [9.17, 15) is 4.79 Å². The van der Waals surface area contributed by atoms with E-state index in [1.54, 1.807) is 10.7 Å². The molecule has 0 unspecified atom stereocenters. The molecule has 1 aliphatic rings. The van der Waals surface area contributed by atoms with Gasteiger partial charge in [-0.1, -0.05) is 25.7 Å². The molecule has 2 N–H and O–H groups in total. The molecule has 3 aromatic heterocycles. The number of nitrogens with one attached hydrogen (secondary N) is 2. The molecule has 8 heteroatoms. The summed E-state index contributed by atoms with van der Waals surface area (Å²) >= 11 is 0. The van der Waals surface area contributed by atoms with E-state index in [4.69, 9.17) is 0 Å². The third kappa shape index (κ3) is 3.24. The number of nitrogens with zero attached hydrogens (tertiary/aromatic N) is 5. The topological polar surface area (TPSA) is 101 Å². The average molecular weight is 339 g/mol. The highest BCUT2D eigenvalue weighted by Gasteiger charge is 2.19. The van der Waals surface area contributed by atoms with Crippen LogP contribution in [0.3, 0.4) is 0 Å². The van der Waals surface area contributed by atoms with Gasteiger partial charge in [-0.3, -0.25) is 9.89 Å². The third-order valence-corrected chi connectivity index (χ3v) is 4.77. The van der Waals surface area contributed by atoms with Crippen LogP contribution in [0.2, 0.25) is 0 Å². The number of anilines is 1. The molecule has 1 aliphatic carbocycles. The summed E-state index contributed by atoms with van der Waals surface area (Å²) in [7, 11) is 0. The van der Waals surface area contributed by atoms with Crippen molar-refractivity contribution in [2.75, 3.05) is 5.32 Å². The maximum atomic E-state index is 12.4. The molecular formula is C17H21N7O. The summed E-state index contributed by atoms with van der Waals surface area (Å²) in [4.78, 5) is 20.7. The Morgan fingerprint density at radius 2 is 2.08 bits per heavy atom. The Morgan fingerprint density at radius 1 is 1.28 bits per heavy atom. The predicted molar refractivity (Wildman–Crippen MR) is 92.5 cm³/mol. The van der Waals surface area contributed by atoms with E-state index in [0.717, 1.165) is 11.4 Å². The van der Waals surface area contributed by atoms with Crippen molar-refractivity contribution in [3.05, 3.63) is 35.5 Å². The molecule has 0 saturated heterocycles. The molecule has 1 amide bonds. The number of aryl methyl sites for hydroxylation is 1. The van der Waals surface area contributed by atoms with Gasteiger partial charge in [-0.05, 0) is 25.8 Å². The molecule has 1 saturated carbocycles. The Hall–Kier alpha value is -2.77. The van der Waals surface area contributed by atoms with Crippen LogP contribution in [0.4, 0.5) is 5.82 Å². The lowest BCUT2D eigenvalue weighted by Crippen LogP contribution is -2.14. The smallest absolute Gasteiger partial charge is 0.296 e. The van der Waals surface area contributed by atoms with Gasteiger partial charge in [0.15, 0.2) is 5.82 Å². The molecule has 0 atom stereocenters. The molecule has 0 radical (unpaired) electrons. The van der Waals surface area contributed by atoms with Crippen LogP contribution >= 0.6 is 0 Å². The second kappa shape index (κ2) is 6.62. The van der Waals surface area contributed by atoms with Crippen molar-refractivity contribution in [1.29, 1.82) is 0 Å². The number of fused-ring (bicyclic) bond motifs is 1. The number of carbonyl (C=O) groups is 1. The predicted octanol–water partition coefficient (Wildman–Crippen LogP) is 2.85. The molecule has 4 rings (SSSR count). The van der Waals surface area contributed by atoms with Crippen LogP contribution in [-0.4, -0.2) is 35.7 Å². The first-order chi connectivity index (χ1) is 12.2. The SMILES string of the molecule is Cc1ccnc2nc(C(=O)Nc3cc(C4CCCCCC4)[nH]n3)nn12. The number of hydrogen-bond acceptors (Lipinski definition) is 5. The van der Waals surface area contributed by atoms with E-state index >= 15 is 0 Å². The summed E-state index contributed by atoms with van der Waals surface area (Å²) in [5.74, 6) is 1.12. The number of aromatic amines is 1. The molecular weight excluding hydrogens is 318 g/mol. The van der Waals surface area contributed by atoms with Gasteiger partial charge in [-0.25, -0.2) is 9.50 Å². The lowest BCUT2D eigenvalue weighted by molar-refractivity contribution is 0.101. The molecule has 25 heavy (non-hydrogen) atoms. The first-order valence-electron chi connectivity index (χ1n) is 8.76. The van der Waals surface area contributed by atoms with Gasteiger partial charge in [0.1, 0.15) is 0 Å². The second-order valence-corrected chi connectivity index (χ2v) is 6.58. The summed E-state index contributed by atoms with van der Waals surface area (Å²) in [6.45, 7) is 1.89. The van der Waals surface area contributed by atoms with Crippen LogP contribution in [-0.2, 0) is 0 Å². The van der Waals surface area contributed by atoms with E-state index in [2.05, 4.69) is 30.6 Å². The fraction of sp³-hybridized carbons (Fsp3) is 0.471. The minimum Gasteiger partial charge on any atom is -0.302 e. The van der Waals surface area contributed by atoms with Gasteiger partial charge in [0.05, 0.1) is 0 Å². The van der Waals surface area contributed by atoms with Crippen LogP contribution in [0, 0.1) is 6.92 Å². The number of H-pyrrole nitrogens is 1. The number of aromatic nitrogens is 6. The number of hydrogen-bond donors (Lipinski definition) is 2. The average Bonchev–Trinajstić information content (AvgIpc) is 3.16. The molecule has 0 aromatic carbocycles. The van der Waals surface area contributed by atoms with Crippen molar-refractivity contribution in [2.45, 2.75) is 51.4 Å². The van der Waals surface area contributed by atoms with Gasteiger partial charge in [-0.2, -0.15) is 10.1 Å². The fourth-order valence-electron chi connectivity index (χ4n) is 3.38. The quantitative estimate of drug-likeness (QED) is 0.715. The summed E-state index contributed by atoms with van der Waals surface area (Å²) in [5, 5.41) is 14.3. The first-order valence-corrected chi connectivity index (χ1v) is 8.76. The Balaban J connectivity index is 1.49. The Kier molecular flexibility index (Phi) is 4.17. The van der Waals surface area contributed by atoms with Crippen LogP contribution in [0.25, 0.3) is 5.78 Å². The Labute approximate surface area is 145 Å². The van der Waals surface area contributed by atoms with Crippen molar-refractivity contribution >= 4 is 17.5 Å². The standard InChI is InChI=1S/C17H21N7O/c1-11-8-9-18-17-20-15(23-24(11)17)16(25)19-14-10-13(21-22-14)12-6-4-2-3-5-7-12/h8-10,12H,2-7H2,1H3,(H2,19,21,22,25). The largest absolute Gasteiger partial charge is 0.302 e. The fourth-order valence-corrected chi connectivity index (χ4v) is 3.38. The van der Waals surface area contributed by atoms with Crippen LogP contribution in [0.1, 0.15) is 66.4 Å². The van der Waals surface area contributed by atoms with Crippen molar-refractivity contribution in [2.24, 2.45) is 0 Å². The minimum atomic E-state index is -0.385. The summed E-state index contributed by atoms with van der Waals surface area (Å²) in [5.41, 5.74) is 1.96. The summed E-state index contributed by atoms with van der Waals surface area (Å²) < 4.78 is 1.55. The maximum absolute atomic E-state index is 12.4. The van der Waals surface area contributed by atoms with Gasteiger partial charge in [0.2, 0.25) is 5.82 Å². The second-order valence-electron chi connectivity index (χ2n) is 6.58. The third-order valence-electron chi connectivity index (χ3n) is 4.77. The van der Waals surface area contributed by atoms with Crippen molar-refractivity contribution < 1.29 is 4.79 Å².